The Morgan fingerprint density at radius 3 is 1.07 bits per heavy atom. The summed E-state index contributed by atoms with van der Waals surface area (Å²) in [6.07, 6.45) is 1.96. The molecule has 3 saturated heterocycles. The second-order valence-corrected chi connectivity index (χ2v) is 14.6. The Kier molecular flexibility index (Phi) is 7.86. The molecule has 1 saturated carbocycles. The number of hydrogen-bond donors (Lipinski definition) is 0. The van der Waals surface area contributed by atoms with Crippen LogP contribution in [0.4, 0.5) is 0 Å². The Balaban J connectivity index is 1.33. The van der Waals surface area contributed by atoms with E-state index in [1.54, 1.807) is 0 Å². The van der Waals surface area contributed by atoms with Crippen molar-refractivity contribution < 1.29 is 14.4 Å². The van der Waals surface area contributed by atoms with E-state index in [1.807, 2.05) is 35.3 Å². The van der Waals surface area contributed by atoms with Crippen LogP contribution in [0.2, 0.25) is 0 Å². The van der Waals surface area contributed by atoms with Gasteiger partial charge >= 0.3 is 0 Å². The molecule has 27 heavy (non-hydrogen) atoms. The van der Waals surface area contributed by atoms with Crippen LogP contribution in [0.5, 0.6) is 0 Å². The van der Waals surface area contributed by atoms with Crippen molar-refractivity contribution in [3.63, 3.8) is 0 Å². The third-order valence-electron chi connectivity index (χ3n) is 5.15. The molecule has 3 nitrogen and oxygen atoms in total. The topological polar surface area (TPSA) is 51.2 Å². The van der Waals surface area contributed by atoms with Crippen LogP contribution in [0.15, 0.2) is 0 Å². The highest BCUT2D eigenvalue weighted by Gasteiger charge is 2.40. The van der Waals surface area contributed by atoms with Crippen LogP contribution in [0.1, 0.15) is 19.3 Å². The van der Waals surface area contributed by atoms with Crippen LogP contribution in [-0.4, -0.2) is 65.6 Å². The van der Waals surface area contributed by atoms with Gasteiger partial charge in [0.05, 0.1) is 0 Å². The van der Waals surface area contributed by atoms with Crippen LogP contribution < -0.4 is 0 Å². The summed E-state index contributed by atoms with van der Waals surface area (Å²) in [6.45, 7) is 0. The highest BCUT2D eigenvalue weighted by atomic mass is 32.2. The second kappa shape index (κ2) is 9.94. The third kappa shape index (κ3) is 7.09. The van der Waals surface area contributed by atoms with E-state index in [4.69, 9.17) is 0 Å². The summed E-state index contributed by atoms with van der Waals surface area (Å²) in [6, 6.07) is 0. The maximum atomic E-state index is 12.7. The average Bonchev–Trinajstić information content (AvgIpc) is 3.54. The number of carbonyl (C=O) groups is 3. The number of rotatable bonds is 9. The fourth-order valence-electron chi connectivity index (χ4n) is 3.27. The van der Waals surface area contributed by atoms with Crippen LogP contribution in [-0.2, 0) is 14.4 Å². The normalized spacial score (nSPS) is 36.9. The zero-order valence-corrected chi connectivity index (χ0v) is 19.9. The van der Waals surface area contributed by atoms with Gasteiger partial charge in [-0.25, -0.2) is 0 Å². The molecule has 0 aromatic heterocycles. The molecule has 4 fully saturated rings. The molecule has 3 aliphatic heterocycles. The summed E-state index contributed by atoms with van der Waals surface area (Å²) >= 11 is 10.0. The van der Waals surface area contributed by atoms with Gasteiger partial charge in [-0.2, -0.15) is 35.3 Å². The van der Waals surface area contributed by atoms with Crippen molar-refractivity contribution in [2.24, 2.45) is 17.8 Å². The summed E-state index contributed by atoms with van der Waals surface area (Å²) < 4.78 is 0. The minimum absolute atomic E-state index is 0.123. The Bertz CT molecular complexity index is 501. The van der Waals surface area contributed by atoms with Crippen molar-refractivity contribution in [1.29, 1.82) is 0 Å². The van der Waals surface area contributed by atoms with Gasteiger partial charge in [0.25, 0.3) is 0 Å². The van der Waals surface area contributed by atoms with Crippen molar-refractivity contribution in [2.75, 3.05) is 34.5 Å². The summed E-state index contributed by atoms with van der Waals surface area (Å²) in [5.41, 5.74) is 0. The molecule has 4 aliphatic rings. The minimum Gasteiger partial charge on any atom is -0.287 e. The SMILES string of the molecule is O=C(SCC1CS1)C1CC(C(=O)SCC2CS2)CC(C(=O)SCC2CS2)C1. The molecule has 9 heteroatoms. The molecule has 1 aliphatic carbocycles. The predicted octanol–water partition coefficient (Wildman–Crippen LogP) is 4.14. The van der Waals surface area contributed by atoms with Crippen molar-refractivity contribution >= 4 is 85.9 Å². The van der Waals surface area contributed by atoms with E-state index in [0.717, 1.165) is 17.3 Å². The Morgan fingerprint density at radius 2 is 0.852 bits per heavy atom. The van der Waals surface area contributed by atoms with Gasteiger partial charge in [0.15, 0.2) is 15.3 Å². The molecular weight excluding hydrogens is 457 g/mol. The fraction of sp³-hybridized carbons (Fsp3) is 0.833. The highest BCUT2D eigenvalue weighted by Crippen LogP contribution is 2.43. The first-order chi connectivity index (χ1) is 13.1. The zero-order valence-electron chi connectivity index (χ0n) is 15.0. The second-order valence-electron chi connectivity index (χ2n) is 7.55. The lowest BCUT2D eigenvalue weighted by Crippen LogP contribution is -2.33. The number of carbonyl (C=O) groups excluding carboxylic acids is 3. The van der Waals surface area contributed by atoms with E-state index in [9.17, 15) is 14.4 Å². The summed E-state index contributed by atoms with van der Waals surface area (Å²) in [5, 5.41) is 2.54. The molecule has 3 heterocycles. The summed E-state index contributed by atoms with van der Waals surface area (Å²) in [7, 11) is 0. The smallest absolute Gasteiger partial charge is 0.192 e. The number of hydrogen-bond acceptors (Lipinski definition) is 9. The van der Waals surface area contributed by atoms with E-state index in [1.165, 1.54) is 52.5 Å². The standard InChI is InChI=1S/C18H24O3S6/c19-16(25-7-13-4-22-13)10-1-11(17(20)26-8-14-5-23-14)3-12(2-10)18(21)27-9-15-6-24-15/h10-15H,1-9H2. The summed E-state index contributed by atoms with van der Waals surface area (Å²) in [5.74, 6) is 5.79. The van der Waals surface area contributed by atoms with Crippen molar-refractivity contribution in [3.8, 4) is 0 Å². The molecule has 150 valence electrons. The Hall–Kier alpha value is 1.11. The molecule has 0 N–H and O–H groups in total. The lowest BCUT2D eigenvalue weighted by molar-refractivity contribution is -0.123. The van der Waals surface area contributed by atoms with Crippen molar-refractivity contribution in [2.45, 2.75) is 35.0 Å². The average molecular weight is 481 g/mol. The first kappa shape index (κ1) is 21.3. The van der Waals surface area contributed by atoms with E-state index in [-0.39, 0.29) is 33.1 Å². The maximum Gasteiger partial charge on any atom is 0.192 e. The fourth-order valence-corrected chi connectivity index (χ4v) is 8.93. The van der Waals surface area contributed by atoms with Gasteiger partial charge in [-0.15, -0.1) is 0 Å². The van der Waals surface area contributed by atoms with Gasteiger partial charge in [-0.05, 0) is 19.3 Å². The molecule has 3 atom stereocenters. The highest BCUT2D eigenvalue weighted by molar-refractivity contribution is 8.16. The molecule has 0 aromatic carbocycles. The Labute approximate surface area is 186 Å². The summed E-state index contributed by atoms with van der Waals surface area (Å²) in [4.78, 5) is 38.2. The minimum atomic E-state index is -0.123. The van der Waals surface area contributed by atoms with Gasteiger partial charge < -0.3 is 0 Å². The van der Waals surface area contributed by atoms with Gasteiger partial charge in [-0.3, -0.25) is 14.4 Å². The van der Waals surface area contributed by atoms with Crippen molar-refractivity contribution in [3.05, 3.63) is 0 Å². The van der Waals surface area contributed by atoms with Crippen LogP contribution in [0, 0.1) is 17.8 Å². The molecular formula is C18H24O3S6. The monoisotopic (exact) mass is 480 g/mol. The molecule has 0 amide bonds. The third-order valence-corrected chi connectivity index (χ3v) is 12.3. The Morgan fingerprint density at radius 1 is 0.593 bits per heavy atom. The van der Waals surface area contributed by atoms with Gasteiger partial charge in [-0.1, -0.05) is 35.3 Å². The molecule has 0 radical (unpaired) electrons. The van der Waals surface area contributed by atoms with E-state index in [2.05, 4.69) is 0 Å². The van der Waals surface area contributed by atoms with Gasteiger partial charge in [0, 0.05) is 68.0 Å². The number of thioether (sulfide) groups is 6. The van der Waals surface area contributed by atoms with Crippen molar-refractivity contribution in [1.82, 2.24) is 0 Å². The first-order valence-electron chi connectivity index (χ1n) is 9.43. The van der Waals surface area contributed by atoms with E-state index < -0.39 is 0 Å². The molecule has 0 aromatic rings. The lowest BCUT2D eigenvalue weighted by atomic mass is 9.76. The van der Waals surface area contributed by atoms with E-state index in [0.29, 0.717) is 35.0 Å². The molecule has 0 spiro atoms. The van der Waals surface area contributed by atoms with Crippen LogP contribution >= 0.6 is 70.6 Å². The van der Waals surface area contributed by atoms with Crippen LogP contribution in [0.25, 0.3) is 0 Å². The van der Waals surface area contributed by atoms with Gasteiger partial charge in [0.2, 0.25) is 0 Å². The predicted molar refractivity (Wildman–Crippen MR) is 125 cm³/mol. The molecule has 4 rings (SSSR count). The lowest BCUT2D eigenvalue weighted by Gasteiger charge is -2.32. The van der Waals surface area contributed by atoms with Crippen LogP contribution in [0.3, 0.4) is 0 Å². The largest absolute Gasteiger partial charge is 0.287 e. The maximum absolute atomic E-state index is 12.7. The van der Waals surface area contributed by atoms with Gasteiger partial charge in [0.1, 0.15) is 0 Å². The molecule has 3 unspecified atom stereocenters. The molecule has 0 bridgehead atoms. The zero-order chi connectivity index (χ0) is 18.8. The van der Waals surface area contributed by atoms with E-state index >= 15 is 0 Å². The quantitative estimate of drug-likeness (QED) is 0.453. The first-order valence-corrected chi connectivity index (χ1v) is 15.5.